The van der Waals surface area contributed by atoms with Crippen LogP contribution in [0.1, 0.15) is 37.4 Å². The first-order valence-corrected chi connectivity index (χ1v) is 11.4. The maximum absolute atomic E-state index is 13.1. The molecule has 2 atom stereocenters. The van der Waals surface area contributed by atoms with Crippen molar-refractivity contribution >= 4 is 29.5 Å². The Labute approximate surface area is 231 Å². The predicted octanol–water partition coefficient (Wildman–Crippen LogP) is 5.07. The van der Waals surface area contributed by atoms with E-state index in [0.717, 1.165) is 24.3 Å². The third-order valence-electron chi connectivity index (χ3n) is 5.38. The second-order valence-corrected chi connectivity index (χ2v) is 8.33. The van der Waals surface area contributed by atoms with Crippen LogP contribution < -0.4 is 5.32 Å². The molecule has 0 saturated carbocycles. The lowest BCUT2D eigenvalue weighted by molar-refractivity contribution is -0.157. The summed E-state index contributed by atoms with van der Waals surface area (Å²) in [5.41, 5.74) is -3.98. The molecular formula is C27H16F6N2O7. The van der Waals surface area contributed by atoms with Crippen LogP contribution in [0.15, 0.2) is 72.8 Å². The number of hydrogen-bond acceptors (Lipinski definition) is 7. The maximum atomic E-state index is 13.1. The number of alkyl halides is 6. The number of nitrogens with one attached hydrogen (secondary N) is 1. The van der Waals surface area contributed by atoms with E-state index in [1.807, 2.05) is 0 Å². The fourth-order valence-corrected chi connectivity index (χ4v) is 3.35. The molecule has 1 amide bonds. The summed E-state index contributed by atoms with van der Waals surface area (Å²) in [5.74, 6) is -6.81. The molecular weight excluding hydrogens is 578 g/mol. The predicted molar refractivity (Wildman–Crippen MR) is 129 cm³/mol. The molecule has 218 valence electrons. The number of carboxylic acid groups (broad SMARTS) is 1. The first-order valence-electron chi connectivity index (χ1n) is 11.4. The third-order valence-corrected chi connectivity index (χ3v) is 5.38. The van der Waals surface area contributed by atoms with Crippen LogP contribution in [-0.4, -0.2) is 41.1 Å². The topological polar surface area (TPSA) is 143 Å². The van der Waals surface area contributed by atoms with Gasteiger partial charge >= 0.3 is 30.3 Å². The van der Waals surface area contributed by atoms with E-state index in [-0.39, 0.29) is 11.3 Å². The van der Waals surface area contributed by atoms with Gasteiger partial charge in [-0.15, -0.1) is 0 Å². The van der Waals surface area contributed by atoms with Crippen molar-refractivity contribution < 1.29 is 60.1 Å². The molecule has 3 aromatic carbocycles. The van der Waals surface area contributed by atoms with Crippen LogP contribution in [0, 0.1) is 11.3 Å². The van der Waals surface area contributed by atoms with Crippen molar-refractivity contribution in [3.63, 3.8) is 0 Å². The van der Waals surface area contributed by atoms with Crippen molar-refractivity contribution in [3.05, 3.63) is 101 Å². The molecule has 0 heterocycles. The maximum Gasteiger partial charge on any atom is 0.416 e. The third kappa shape index (κ3) is 7.84. The number of nitriles is 1. The number of hydrogen-bond donors (Lipinski definition) is 2. The lowest BCUT2D eigenvalue weighted by Crippen LogP contribution is -2.48. The Balaban J connectivity index is 1.97. The molecule has 0 aliphatic rings. The van der Waals surface area contributed by atoms with Crippen molar-refractivity contribution in [2.24, 2.45) is 0 Å². The summed E-state index contributed by atoms with van der Waals surface area (Å²) in [7, 11) is 0. The standard InChI is InChI=1S/C27H16F6N2O7/c28-26(29,30)17-5-1-3-15(11-17)24(39)41-20(22(36)35-19-9-7-14(13-34)8-10-19)21(23(37)38)42-25(40)16-4-2-6-18(12-16)27(31,32)33/h1-12,20-21H,(H,35,36)(H,37,38)/t20-,21+/m0/s1. The highest BCUT2D eigenvalue weighted by Gasteiger charge is 2.42. The zero-order chi connectivity index (χ0) is 31.2. The number of nitrogens with zero attached hydrogens (tertiary/aromatic N) is 1. The van der Waals surface area contributed by atoms with Crippen molar-refractivity contribution in [2.75, 3.05) is 5.32 Å². The van der Waals surface area contributed by atoms with Crippen LogP contribution in [0.25, 0.3) is 0 Å². The van der Waals surface area contributed by atoms with Gasteiger partial charge in [0.15, 0.2) is 0 Å². The number of aliphatic carboxylic acids is 1. The van der Waals surface area contributed by atoms with E-state index in [1.165, 1.54) is 24.3 Å². The van der Waals surface area contributed by atoms with Gasteiger partial charge in [0.1, 0.15) is 0 Å². The Morgan fingerprint density at radius 3 is 1.60 bits per heavy atom. The van der Waals surface area contributed by atoms with Gasteiger partial charge in [-0.3, -0.25) is 4.79 Å². The fourth-order valence-electron chi connectivity index (χ4n) is 3.35. The van der Waals surface area contributed by atoms with Crippen LogP contribution in [0.2, 0.25) is 0 Å². The van der Waals surface area contributed by atoms with E-state index in [4.69, 9.17) is 14.7 Å². The number of anilines is 1. The van der Waals surface area contributed by atoms with Crippen LogP contribution in [0.5, 0.6) is 0 Å². The number of amides is 1. The minimum Gasteiger partial charge on any atom is -0.478 e. The van der Waals surface area contributed by atoms with E-state index in [0.29, 0.717) is 24.3 Å². The van der Waals surface area contributed by atoms with Gasteiger partial charge in [-0.05, 0) is 60.7 Å². The van der Waals surface area contributed by atoms with Gasteiger partial charge in [-0.2, -0.15) is 31.6 Å². The molecule has 0 radical (unpaired) electrons. The highest BCUT2D eigenvalue weighted by Crippen LogP contribution is 2.31. The van der Waals surface area contributed by atoms with Crippen LogP contribution in [-0.2, 0) is 31.4 Å². The monoisotopic (exact) mass is 594 g/mol. The number of carbonyl (C=O) groups is 4. The molecule has 9 nitrogen and oxygen atoms in total. The molecule has 15 heteroatoms. The molecule has 0 unspecified atom stereocenters. The summed E-state index contributed by atoms with van der Waals surface area (Å²) >= 11 is 0. The summed E-state index contributed by atoms with van der Waals surface area (Å²) in [5, 5.41) is 20.8. The summed E-state index contributed by atoms with van der Waals surface area (Å²) in [6.45, 7) is 0. The average Bonchev–Trinajstić information content (AvgIpc) is 2.94. The van der Waals surface area contributed by atoms with Gasteiger partial charge in [-0.1, -0.05) is 12.1 Å². The molecule has 0 fully saturated rings. The van der Waals surface area contributed by atoms with Crippen LogP contribution in [0.4, 0.5) is 32.0 Å². The van der Waals surface area contributed by atoms with E-state index < -0.39 is 70.6 Å². The lowest BCUT2D eigenvalue weighted by Gasteiger charge is -2.24. The first-order chi connectivity index (χ1) is 19.6. The van der Waals surface area contributed by atoms with Crippen molar-refractivity contribution in [1.82, 2.24) is 0 Å². The van der Waals surface area contributed by atoms with Gasteiger partial charge < -0.3 is 19.9 Å². The van der Waals surface area contributed by atoms with Gasteiger partial charge in [0.05, 0.1) is 33.9 Å². The Kier molecular flexibility index (Phi) is 9.21. The summed E-state index contributed by atoms with van der Waals surface area (Å²) in [6, 6.07) is 12.1. The van der Waals surface area contributed by atoms with Crippen LogP contribution >= 0.6 is 0 Å². The van der Waals surface area contributed by atoms with Crippen molar-refractivity contribution in [3.8, 4) is 6.07 Å². The normalized spacial score (nSPS) is 12.8. The minimum atomic E-state index is -4.88. The number of carbonyl (C=O) groups excluding carboxylic acids is 3. The number of ether oxygens (including phenoxy) is 2. The zero-order valence-electron chi connectivity index (χ0n) is 20.7. The van der Waals surface area contributed by atoms with E-state index in [1.54, 1.807) is 6.07 Å². The molecule has 42 heavy (non-hydrogen) atoms. The van der Waals surface area contributed by atoms with E-state index in [2.05, 4.69) is 5.32 Å². The van der Waals surface area contributed by atoms with E-state index in [9.17, 15) is 50.6 Å². The molecule has 0 bridgehead atoms. The zero-order valence-corrected chi connectivity index (χ0v) is 20.7. The number of benzene rings is 3. The van der Waals surface area contributed by atoms with E-state index >= 15 is 0 Å². The van der Waals surface area contributed by atoms with Crippen molar-refractivity contribution in [2.45, 2.75) is 24.6 Å². The largest absolute Gasteiger partial charge is 0.478 e. The summed E-state index contributed by atoms with van der Waals surface area (Å²) < 4.78 is 88.3. The smallest absolute Gasteiger partial charge is 0.416 e. The highest BCUT2D eigenvalue weighted by atomic mass is 19.4. The summed E-state index contributed by atoms with van der Waals surface area (Å²) in [4.78, 5) is 50.5. The van der Waals surface area contributed by atoms with Gasteiger partial charge in [0.25, 0.3) is 5.91 Å². The van der Waals surface area contributed by atoms with Gasteiger partial charge in [0, 0.05) is 5.69 Å². The lowest BCUT2D eigenvalue weighted by atomic mass is 10.1. The molecule has 0 aliphatic carbocycles. The van der Waals surface area contributed by atoms with Gasteiger partial charge in [0.2, 0.25) is 12.2 Å². The quantitative estimate of drug-likeness (QED) is 0.272. The molecule has 2 N–H and O–H groups in total. The molecule has 0 aliphatic heterocycles. The second-order valence-electron chi connectivity index (χ2n) is 8.33. The number of halogens is 6. The SMILES string of the molecule is N#Cc1ccc(NC(=O)[C@@H](OC(=O)c2cccc(C(F)(F)F)c2)[C@@H](OC(=O)c2cccc(C(F)(F)F)c2)C(=O)O)cc1. The Bertz CT molecular complexity index is 1550. The molecule has 0 aromatic heterocycles. The number of esters is 2. The highest BCUT2D eigenvalue weighted by molar-refractivity contribution is 6.01. The summed E-state index contributed by atoms with van der Waals surface area (Å²) in [6.07, 6.45) is -15.0. The first kappa shape index (κ1) is 31.1. The second kappa shape index (κ2) is 12.4. The number of carboxylic acids is 1. The molecule has 3 aromatic rings. The Morgan fingerprint density at radius 2 is 1.19 bits per heavy atom. The Morgan fingerprint density at radius 1 is 0.738 bits per heavy atom. The molecule has 3 rings (SSSR count). The Hall–Kier alpha value is -5.39. The minimum absolute atomic E-state index is 0.0625. The fraction of sp³-hybridized carbons (Fsp3) is 0.148. The number of rotatable bonds is 8. The average molecular weight is 594 g/mol. The van der Waals surface area contributed by atoms with Crippen molar-refractivity contribution in [1.29, 1.82) is 5.26 Å². The molecule has 0 spiro atoms. The van der Waals surface area contributed by atoms with Crippen LogP contribution in [0.3, 0.4) is 0 Å². The van der Waals surface area contributed by atoms with Gasteiger partial charge in [-0.25, -0.2) is 14.4 Å². The molecule has 0 saturated heterocycles.